The van der Waals surface area contributed by atoms with Gasteiger partial charge in [-0.3, -0.25) is 14.5 Å². The molecule has 0 radical (unpaired) electrons. The molecule has 0 aliphatic heterocycles. The number of nitrogens with zero attached hydrogens (tertiary/aromatic N) is 3. The van der Waals surface area contributed by atoms with Crippen LogP contribution < -0.4 is 5.32 Å². The minimum absolute atomic E-state index is 0.000974. The lowest BCUT2D eigenvalue weighted by Gasteiger charge is -2.21. The van der Waals surface area contributed by atoms with E-state index in [9.17, 15) is 9.59 Å². The van der Waals surface area contributed by atoms with Crippen molar-refractivity contribution < 1.29 is 28.6 Å². The van der Waals surface area contributed by atoms with Crippen LogP contribution in [-0.4, -0.2) is 76.0 Å². The Hall–Kier alpha value is -3.60. The standard InChI is InChI=1S/C23H24N4O6/c28-10-8-27(9-11-29)7-3-6-24-15-14-16(30)19-22(23(15)31)26-21(18-5-2-13-33-18)20(25-19)17-4-1-12-32-17/h1-2,4-5,12-14,24,28-29H,3,6-11H2. The summed E-state index contributed by atoms with van der Waals surface area (Å²) < 4.78 is 10.9. The highest BCUT2D eigenvalue weighted by molar-refractivity contribution is 6.23. The van der Waals surface area contributed by atoms with E-state index in [0.717, 1.165) is 0 Å². The number of allylic oxidation sites excluding steroid dienone is 2. The molecule has 1 aliphatic carbocycles. The lowest BCUT2D eigenvalue weighted by Crippen LogP contribution is -2.34. The smallest absolute Gasteiger partial charge is 0.229 e. The molecule has 0 saturated heterocycles. The molecule has 3 aromatic heterocycles. The number of ketones is 2. The molecule has 3 heterocycles. The molecule has 10 nitrogen and oxygen atoms in total. The molecular weight excluding hydrogens is 428 g/mol. The average Bonchev–Trinajstić information content (AvgIpc) is 3.54. The van der Waals surface area contributed by atoms with Crippen molar-refractivity contribution in [3.05, 3.63) is 60.0 Å². The van der Waals surface area contributed by atoms with Crippen LogP contribution in [0.2, 0.25) is 0 Å². The molecule has 4 rings (SSSR count). The Morgan fingerprint density at radius 2 is 1.45 bits per heavy atom. The minimum atomic E-state index is -0.432. The Bertz CT molecular complexity index is 1130. The van der Waals surface area contributed by atoms with Gasteiger partial charge in [-0.15, -0.1) is 0 Å². The molecule has 0 saturated carbocycles. The molecule has 0 unspecified atom stereocenters. The predicted molar refractivity (Wildman–Crippen MR) is 117 cm³/mol. The third-order valence-corrected chi connectivity index (χ3v) is 5.17. The van der Waals surface area contributed by atoms with Gasteiger partial charge in [0, 0.05) is 25.7 Å². The van der Waals surface area contributed by atoms with Crippen LogP contribution in [0.15, 0.2) is 57.4 Å². The van der Waals surface area contributed by atoms with Crippen LogP contribution in [0, 0.1) is 0 Å². The molecule has 0 amide bonds. The van der Waals surface area contributed by atoms with Gasteiger partial charge in [0.25, 0.3) is 0 Å². The van der Waals surface area contributed by atoms with E-state index in [1.165, 1.54) is 18.6 Å². The molecule has 1 aliphatic rings. The largest absolute Gasteiger partial charge is 0.463 e. The Morgan fingerprint density at radius 3 is 2.00 bits per heavy atom. The average molecular weight is 452 g/mol. The van der Waals surface area contributed by atoms with Gasteiger partial charge >= 0.3 is 0 Å². The molecule has 10 heteroatoms. The van der Waals surface area contributed by atoms with Crippen LogP contribution in [0.1, 0.15) is 27.4 Å². The lowest BCUT2D eigenvalue weighted by molar-refractivity contribution is 0.0970. The number of hydrogen-bond donors (Lipinski definition) is 3. The summed E-state index contributed by atoms with van der Waals surface area (Å²) in [6.07, 6.45) is 4.85. The van der Waals surface area contributed by atoms with E-state index in [1.807, 2.05) is 4.90 Å². The van der Waals surface area contributed by atoms with E-state index in [0.29, 0.717) is 55.5 Å². The normalized spacial score (nSPS) is 13.4. The number of furan rings is 2. The van der Waals surface area contributed by atoms with Crippen molar-refractivity contribution in [1.82, 2.24) is 20.2 Å². The Labute approximate surface area is 189 Å². The van der Waals surface area contributed by atoms with Crippen LogP contribution in [0.25, 0.3) is 22.9 Å². The van der Waals surface area contributed by atoms with Crippen LogP contribution in [0.3, 0.4) is 0 Å². The fraction of sp³-hybridized carbons (Fsp3) is 0.304. The van der Waals surface area contributed by atoms with Gasteiger partial charge in [0.2, 0.25) is 11.6 Å². The minimum Gasteiger partial charge on any atom is -0.463 e. The molecule has 3 aromatic rings. The predicted octanol–water partition coefficient (Wildman–Crippen LogP) is 1.53. The second kappa shape index (κ2) is 10.3. The third-order valence-electron chi connectivity index (χ3n) is 5.17. The van der Waals surface area contributed by atoms with Crippen molar-refractivity contribution >= 4 is 11.6 Å². The molecule has 0 spiro atoms. The SMILES string of the molecule is O=C1C=C(NCCCN(CCO)CCO)C(=O)c2nc(-c3ccco3)c(-c3ccco3)nc21. The maximum Gasteiger partial charge on any atom is 0.229 e. The topological polar surface area (TPSA) is 142 Å². The highest BCUT2D eigenvalue weighted by Crippen LogP contribution is 2.32. The number of carbonyl (C=O) groups is 2. The maximum absolute atomic E-state index is 13.1. The Kier molecular flexibility index (Phi) is 7.08. The summed E-state index contributed by atoms with van der Waals surface area (Å²) in [5, 5.41) is 21.2. The van der Waals surface area contributed by atoms with Gasteiger partial charge in [-0.25, -0.2) is 9.97 Å². The summed E-state index contributed by atoms with van der Waals surface area (Å²) in [4.78, 5) is 36.7. The second-order valence-corrected chi connectivity index (χ2v) is 7.39. The van der Waals surface area contributed by atoms with Crippen molar-refractivity contribution in [1.29, 1.82) is 0 Å². The Morgan fingerprint density at radius 1 is 0.848 bits per heavy atom. The van der Waals surface area contributed by atoms with Crippen molar-refractivity contribution in [2.75, 3.05) is 39.4 Å². The fourth-order valence-electron chi connectivity index (χ4n) is 3.60. The van der Waals surface area contributed by atoms with Gasteiger partial charge in [0.15, 0.2) is 11.5 Å². The van der Waals surface area contributed by atoms with Gasteiger partial charge in [0.05, 0.1) is 31.4 Å². The summed E-state index contributed by atoms with van der Waals surface area (Å²) in [6.45, 7) is 1.96. The molecule has 33 heavy (non-hydrogen) atoms. The first kappa shape index (κ1) is 22.6. The number of Topliss-reactive ketones (excluding diaryl/α,β-unsaturated/α-hetero) is 1. The van der Waals surface area contributed by atoms with Gasteiger partial charge in [-0.05, 0) is 37.2 Å². The summed E-state index contributed by atoms with van der Waals surface area (Å²) in [5.41, 5.74) is 0.680. The van der Waals surface area contributed by atoms with Crippen LogP contribution in [-0.2, 0) is 0 Å². The van der Waals surface area contributed by atoms with Gasteiger partial charge < -0.3 is 24.4 Å². The summed E-state index contributed by atoms with van der Waals surface area (Å²) in [5.74, 6) is -0.0619. The molecule has 0 fully saturated rings. The fourth-order valence-corrected chi connectivity index (χ4v) is 3.60. The number of nitrogens with one attached hydrogen (secondary N) is 1. The number of fused-ring (bicyclic) bond motifs is 1. The second-order valence-electron chi connectivity index (χ2n) is 7.39. The number of rotatable bonds is 11. The first-order valence-corrected chi connectivity index (χ1v) is 10.6. The first-order chi connectivity index (χ1) is 16.1. The first-order valence-electron chi connectivity index (χ1n) is 10.6. The highest BCUT2D eigenvalue weighted by atomic mass is 16.3. The summed E-state index contributed by atoms with van der Waals surface area (Å²) in [6, 6.07) is 6.77. The number of hydrogen-bond acceptors (Lipinski definition) is 10. The number of aliphatic hydroxyl groups is 2. The third kappa shape index (κ3) is 4.92. The summed E-state index contributed by atoms with van der Waals surface area (Å²) >= 11 is 0. The number of aliphatic hydroxyl groups excluding tert-OH is 2. The van der Waals surface area contributed by atoms with Crippen LogP contribution in [0.4, 0.5) is 0 Å². The van der Waals surface area contributed by atoms with E-state index in [-0.39, 0.29) is 30.3 Å². The zero-order valence-electron chi connectivity index (χ0n) is 17.9. The lowest BCUT2D eigenvalue weighted by atomic mass is 10.0. The van der Waals surface area contributed by atoms with E-state index in [4.69, 9.17) is 19.0 Å². The zero-order chi connectivity index (χ0) is 23.2. The van der Waals surface area contributed by atoms with E-state index in [1.54, 1.807) is 24.3 Å². The maximum atomic E-state index is 13.1. The van der Waals surface area contributed by atoms with E-state index in [2.05, 4.69) is 15.3 Å². The summed E-state index contributed by atoms with van der Waals surface area (Å²) in [7, 11) is 0. The van der Waals surface area contributed by atoms with Crippen molar-refractivity contribution in [2.45, 2.75) is 6.42 Å². The molecule has 172 valence electrons. The quantitative estimate of drug-likeness (QED) is 0.367. The van der Waals surface area contributed by atoms with Crippen molar-refractivity contribution in [3.8, 4) is 22.9 Å². The molecule has 3 N–H and O–H groups in total. The van der Waals surface area contributed by atoms with Crippen LogP contribution >= 0.6 is 0 Å². The van der Waals surface area contributed by atoms with Crippen molar-refractivity contribution in [3.63, 3.8) is 0 Å². The van der Waals surface area contributed by atoms with Gasteiger partial charge in [-0.2, -0.15) is 0 Å². The zero-order valence-corrected chi connectivity index (χ0v) is 17.9. The van der Waals surface area contributed by atoms with Gasteiger partial charge in [0.1, 0.15) is 22.8 Å². The number of carbonyl (C=O) groups excluding carboxylic acids is 2. The van der Waals surface area contributed by atoms with E-state index < -0.39 is 11.6 Å². The highest BCUT2D eigenvalue weighted by Gasteiger charge is 2.31. The molecular formula is C23H24N4O6. The monoisotopic (exact) mass is 452 g/mol. The molecule has 0 bridgehead atoms. The van der Waals surface area contributed by atoms with Crippen molar-refractivity contribution in [2.24, 2.45) is 0 Å². The van der Waals surface area contributed by atoms with E-state index >= 15 is 0 Å². The van der Waals surface area contributed by atoms with Gasteiger partial charge in [-0.1, -0.05) is 0 Å². The Balaban J connectivity index is 1.55. The molecule has 0 aromatic carbocycles. The molecule has 0 atom stereocenters. The number of aromatic nitrogens is 2. The van der Waals surface area contributed by atoms with Crippen LogP contribution in [0.5, 0.6) is 0 Å².